The van der Waals surface area contributed by atoms with E-state index in [9.17, 15) is 4.79 Å². The van der Waals surface area contributed by atoms with Crippen molar-refractivity contribution in [1.29, 1.82) is 0 Å². The van der Waals surface area contributed by atoms with E-state index >= 15 is 0 Å². The molecule has 3 N–H and O–H groups in total. The molecule has 19 heavy (non-hydrogen) atoms. The Hall–Kier alpha value is -2.02. The van der Waals surface area contributed by atoms with Crippen LogP contribution in [0.1, 0.15) is 17.0 Å². The first-order valence-corrected chi connectivity index (χ1v) is 6.65. The number of hydrogen-bond donors (Lipinski definition) is 2. The van der Waals surface area contributed by atoms with Crippen LogP contribution in [0.3, 0.4) is 0 Å². The molecule has 6 nitrogen and oxygen atoms in total. The van der Waals surface area contributed by atoms with Gasteiger partial charge in [-0.3, -0.25) is 4.79 Å². The number of thioether (sulfide) groups is 1. The number of hydrogen-bond acceptors (Lipinski definition) is 5. The van der Waals surface area contributed by atoms with Crippen molar-refractivity contribution < 1.29 is 9.90 Å². The Bertz CT molecular complexity index is 597. The molecule has 1 aromatic heterocycles. The van der Waals surface area contributed by atoms with Crippen LogP contribution in [0, 0.1) is 6.92 Å². The Kier molecular flexibility index (Phi) is 4.06. The van der Waals surface area contributed by atoms with Crippen molar-refractivity contribution in [3.8, 4) is 0 Å². The molecule has 7 heteroatoms. The molecular formula is C12H14N4O2S. The number of nitrogens with zero attached hydrogens (tertiary/aromatic N) is 3. The second-order valence-corrected chi connectivity index (χ2v) is 5.00. The zero-order chi connectivity index (χ0) is 13.8. The van der Waals surface area contributed by atoms with E-state index in [4.69, 9.17) is 10.9 Å². The van der Waals surface area contributed by atoms with E-state index in [2.05, 4.69) is 10.2 Å². The predicted octanol–water partition coefficient (Wildman–Crippen LogP) is 1.07. The van der Waals surface area contributed by atoms with Crippen molar-refractivity contribution in [2.45, 2.75) is 18.5 Å². The highest BCUT2D eigenvalue weighted by Crippen LogP contribution is 2.17. The van der Waals surface area contributed by atoms with Gasteiger partial charge in [0.25, 0.3) is 0 Å². The number of nitrogens with two attached hydrogens (primary N) is 1. The second kappa shape index (κ2) is 5.75. The van der Waals surface area contributed by atoms with Gasteiger partial charge in [-0.15, -0.1) is 10.2 Å². The topological polar surface area (TPSA) is 94.0 Å². The third kappa shape index (κ3) is 3.25. The van der Waals surface area contributed by atoms with E-state index in [0.29, 0.717) is 17.4 Å². The van der Waals surface area contributed by atoms with E-state index in [1.54, 1.807) is 0 Å². The molecule has 0 bridgehead atoms. The quantitative estimate of drug-likeness (QED) is 0.627. The fourth-order valence-electron chi connectivity index (χ4n) is 1.63. The first kappa shape index (κ1) is 13.4. The summed E-state index contributed by atoms with van der Waals surface area (Å²) in [7, 11) is 0. The number of aliphatic carboxylic acids is 1. The zero-order valence-electron chi connectivity index (χ0n) is 10.4. The van der Waals surface area contributed by atoms with Gasteiger partial charge in [-0.2, -0.15) is 0 Å². The Balaban J connectivity index is 2.14. The third-order valence-corrected chi connectivity index (χ3v) is 3.60. The predicted molar refractivity (Wildman–Crippen MR) is 72.5 cm³/mol. The van der Waals surface area contributed by atoms with Crippen molar-refractivity contribution in [3.63, 3.8) is 0 Å². The molecular weight excluding hydrogens is 264 g/mol. The summed E-state index contributed by atoms with van der Waals surface area (Å²) >= 11 is 1.06. The van der Waals surface area contributed by atoms with Crippen LogP contribution in [-0.2, 0) is 11.2 Å². The van der Waals surface area contributed by atoms with Gasteiger partial charge in [0.2, 0.25) is 5.16 Å². The van der Waals surface area contributed by atoms with Crippen LogP contribution < -0.4 is 5.84 Å². The van der Waals surface area contributed by atoms with Crippen LogP contribution >= 0.6 is 11.8 Å². The van der Waals surface area contributed by atoms with Gasteiger partial charge in [-0.25, -0.2) is 4.68 Å². The highest BCUT2D eigenvalue weighted by atomic mass is 32.2. The highest BCUT2D eigenvalue weighted by molar-refractivity contribution is 7.99. The van der Waals surface area contributed by atoms with Crippen LogP contribution in [-0.4, -0.2) is 31.7 Å². The maximum Gasteiger partial charge on any atom is 0.313 e. The van der Waals surface area contributed by atoms with E-state index < -0.39 is 5.97 Å². The minimum atomic E-state index is -0.909. The third-order valence-electron chi connectivity index (χ3n) is 2.67. The average Bonchev–Trinajstić information content (AvgIpc) is 2.71. The van der Waals surface area contributed by atoms with E-state index in [-0.39, 0.29) is 5.75 Å². The molecule has 0 spiro atoms. The molecule has 0 atom stereocenters. The molecule has 2 aromatic rings. The summed E-state index contributed by atoms with van der Waals surface area (Å²) in [5, 5.41) is 16.9. The summed E-state index contributed by atoms with van der Waals surface area (Å²) < 4.78 is 1.35. The largest absolute Gasteiger partial charge is 0.481 e. The number of carbonyl (C=O) groups is 1. The van der Waals surface area contributed by atoms with Crippen LogP contribution in [0.5, 0.6) is 0 Å². The molecule has 0 unspecified atom stereocenters. The minimum absolute atomic E-state index is 0.0836. The molecule has 2 rings (SSSR count). The number of carboxylic acids is 1. The molecule has 100 valence electrons. The van der Waals surface area contributed by atoms with Gasteiger partial charge in [-0.05, 0) is 18.1 Å². The molecule has 0 amide bonds. The Morgan fingerprint density at radius 1 is 1.42 bits per heavy atom. The molecule has 1 aromatic carbocycles. The minimum Gasteiger partial charge on any atom is -0.481 e. The first-order chi connectivity index (χ1) is 9.08. The summed E-state index contributed by atoms with van der Waals surface area (Å²) in [5.74, 6) is 5.49. The zero-order valence-corrected chi connectivity index (χ0v) is 11.2. The summed E-state index contributed by atoms with van der Waals surface area (Å²) in [5.41, 5.74) is 2.28. The van der Waals surface area contributed by atoms with Gasteiger partial charge in [0.05, 0.1) is 5.75 Å². The lowest BCUT2D eigenvalue weighted by atomic mass is 10.1. The molecule has 0 aliphatic rings. The van der Waals surface area contributed by atoms with Gasteiger partial charge >= 0.3 is 5.97 Å². The monoisotopic (exact) mass is 278 g/mol. The summed E-state index contributed by atoms with van der Waals surface area (Å²) in [6.07, 6.45) is 0.573. The normalized spacial score (nSPS) is 10.6. The molecule has 1 heterocycles. The van der Waals surface area contributed by atoms with E-state index in [1.165, 1.54) is 4.68 Å². The number of carboxylic acid groups (broad SMARTS) is 1. The van der Waals surface area contributed by atoms with Gasteiger partial charge in [0.1, 0.15) is 0 Å². The SMILES string of the molecule is Cc1ccccc1Cc1nnc(SCC(=O)O)n1N. The average molecular weight is 278 g/mol. The van der Waals surface area contributed by atoms with E-state index in [0.717, 1.165) is 22.9 Å². The summed E-state index contributed by atoms with van der Waals surface area (Å²) in [6, 6.07) is 7.96. The number of aromatic nitrogens is 3. The van der Waals surface area contributed by atoms with Crippen molar-refractivity contribution in [2.75, 3.05) is 11.6 Å². The molecule has 0 saturated heterocycles. The fourth-order valence-corrected chi connectivity index (χ4v) is 2.23. The molecule has 0 fully saturated rings. The lowest BCUT2D eigenvalue weighted by Gasteiger charge is -2.05. The van der Waals surface area contributed by atoms with E-state index in [1.807, 2.05) is 31.2 Å². The maximum atomic E-state index is 10.5. The standard InChI is InChI=1S/C12H14N4O2S/c1-8-4-2-3-5-9(8)6-10-14-15-12(16(10)13)19-7-11(17)18/h2-5H,6-7,13H2,1H3,(H,17,18). The van der Waals surface area contributed by atoms with Crippen molar-refractivity contribution in [3.05, 3.63) is 41.2 Å². The molecule has 0 radical (unpaired) electrons. The van der Waals surface area contributed by atoms with Crippen LogP contribution in [0.2, 0.25) is 0 Å². The first-order valence-electron chi connectivity index (χ1n) is 5.66. The van der Waals surface area contributed by atoms with Crippen molar-refractivity contribution >= 4 is 17.7 Å². The van der Waals surface area contributed by atoms with Crippen molar-refractivity contribution in [2.24, 2.45) is 0 Å². The number of nitrogen functional groups attached to an aromatic ring is 1. The van der Waals surface area contributed by atoms with Crippen LogP contribution in [0.4, 0.5) is 0 Å². The molecule has 0 aliphatic carbocycles. The summed E-state index contributed by atoms with van der Waals surface area (Å²) in [6.45, 7) is 2.02. The second-order valence-electron chi connectivity index (χ2n) is 4.05. The molecule has 0 saturated carbocycles. The summed E-state index contributed by atoms with van der Waals surface area (Å²) in [4.78, 5) is 10.5. The highest BCUT2D eigenvalue weighted by Gasteiger charge is 2.12. The number of rotatable bonds is 5. The van der Waals surface area contributed by atoms with Gasteiger partial charge in [0.15, 0.2) is 5.82 Å². The smallest absolute Gasteiger partial charge is 0.313 e. The lowest BCUT2D eigenvalue weighted by Crippen LogP contribution is -2.15. The number of benzene rings is 1. The van der Waals surface area contributed by atoms with Crippen molar-refractivity contribution in [1.82, 2.24) is 14.9 Å². The van der Waals surface area contributed by atoms with Crippen LogP contribution in [0.15, 0.2) is 29.4 Å². The van der Waals surface area contributed by atoms with Crippen LogP contribution in [0.25, 0.3) is 0 Å². The Labute approximate surface area is 114 Å². The number of aryl methyl sites for hydroxylation is 1. The lowest BCUT2D eigenvalue weighted by molar-refractivity contribution is -0.133. The molecule has 0 aliphatic heterocycles. The Morgan fingerprint density at radius 3 is 2.84 bits per heavy atom. The van der Waals surface area contributed by atoms with Gasteiger partial charge in [-0.1, -0.05) is 36.0 Å². The van der Waals surface area contributed by atoms with Gasteiger partial charge < -0.3 is 10.9 Å². The Morgan fingerprint density at radius 2 is 2.16 bits per heavy atom. The fraction of sp³-hybridized carbons (Fsp3) is 0.250. The van der Waals surface area contributed by atoms with Gasteiger partial charge in [0, 0.05) is 6.42 Å². The maximum absolute atomic E-state index is 10.5.